The molecule has 0 amide bonds. The molecular formula is CH3Cl4GaMg. The van der Waals surface area contributed by atoms with Crippen LogP contribution in [0, 0.1) is 0 Å². The van der Waals surface area contributed by atoms with Gasteiger partial charge in [0.1, 0.15) is 0 Å². The van der Waals surface area contributed by atoms with Gasteiger partial charge in [0.15, 0.2) is 0 Å². The molecule has 40 valence electrons. The number of rotatable bonds is 0. The Kier molecular flexibility index (Phi) is 588. The fourth-order valence-electron chi connectivity index (χ4n) is 0. The average molecular weight is 251 g/mol. The van der Waals surface area contributed by atoms with E-state index in [1.807, 2.05) is 26.8 Å². The average Bonchev–Trinajstić information content (AvgIpc) is 1.00. The molecule has 0 aromatic carbocycles. The quantitative estimate of drug-likeness (QED) is 0.375. The summed E-state index contributed by atoms with van der Waals surface area (Å²) in [4.78, 5) is 0. The molecular weight excluding hydrogens is 248 g/mol. The van der Waals surface area contributed by atoms with Crippen molar-refractivity contribution in [2.75, 3.05) is 0 Å². The van der Waals surface area contributed by atoms with Crippen molar-refractivity contribution in [3.8, 4) is 0 Å². The van der Waals surface area contributed by atoms with Crippen molar-refractivity contribution in [3.05, 3.63) is 0 Å². The molecule has 0 saturated heterocycles. The molecule has 0 aliphatic rings. The predicted octanol–water partition coefficient (Wildman–Crippen LogP) is -12.2. The SMILES string of the molecule is [CH3][Mg+].[Cl-].[Cl-].[Cl-].[Cl-].[Ga+3]. The summed E-state index contributed by atoms with van der Waals surface area (Å²) in [5, 5.41) is 2.03. The van der Waals surface area contributed by atoms with Crippen LogP contribution in [-0.2, 0) is 0 Å². The number of hydrogen-bond acceptors (Lipinski definition) is 0. The second kappa shape index (κ2) is 74.6. The van der Waals surface area contributed by atoms with Gasteiger partial charge in [0.25, 0.3) is 0 Å². The largest absolute Gasteiger partial charge is 3.00 e. The zero-order valence-electron chi connectivity index (χ0n) is 3.80. The minimum Gasteiger partial charge on any atom is -1.00 e. The second-order valence-electron chi connectivity index (χ2n) is 0. The Bertz CT molecular complexity index is 11.7. The van der Waals surface area contributed by atoms with Gasteiger partial charge in [0.2, 0.25) is 0 Å². The Labute approximate surface area is 95.1 Å². The van der Waals surface area contributed by atoms with Crippen molar-refractivity contribution in [1.82, 2.24) is 0 Å². The summed E-state index contributed by atoms with van der Waals surface area (Å²) in [5.74, 6) is 0. The molecule has 0 unspecified atom stereocenters. The van der Waals surface area contributed by atoms with Crippen LogP contribution in [0.2, 0.25) is 5.05 Å². The molecule has 0 spiro atoms. The smallest absolute Gasteiger partial charge is 1.00 e. The summed E-state index contributed by atoms with van der Waals surface area (Å²) < 4.78 is 0. The van der Waals surface area contributed by atoms with Gasteiger partial charge in [-0.15, -0.1) is 0 Å². The van der Waals surface area contributed by atoms with E-state index in [1.54, 1.807) is 0 Å². The molecule has 7 heavy (non-hydrogen) atoms. The molecule has 0 N–H and O–H groups in total. The molecule has 0 aromatic heterocycles. The van der Waals surface area contributed by atoms with Crippen molar-refractivity contribution in [2.45, 2.75) is 5.05 Å². The van der Waals surface area contributed by atoms with Gasteiger partial charge >= 0.3 is 46.6 Å². The van der Waals surface area contributed by atoms with E-state index in [4.69, 9.17) is 0 Å². The van der Waals surface area contributed by atoms with Crippen LogP contribution in [0.25, 0.3) is 0 Å². The molecule has 0 nitrogen and oxygen atoms in total. The summed E-state index contributed by atoms with van der Waals surface area (Å²) in [7, 11) is 0. The molecule has 0 fully saturated rings. The van der Waals surface area contributed by atoms with Crippen LogP contribution in [-0.4, -0.2) is 41.5 Å². The summed E-state index contributed by atoms with van der Waals surface area (Å²) in [6, 6.07) is 0. The van der Waals surface area contributed by atoms with Gasteiger partial charge in [-0.2, -0.15) is 0 Å². The Hall–Kier alpha value is 2.56. The van der Waals surface area contributed by atoms with Gasteiger partial charge < -0.3 is 49.6 Å². The van der Waals surface area contributed by atoms with Crippen LogP contribution in [0.4, 0.5) is 0 Å². The molecule has 0 atom stereocenters. The first kappa shape index (κ1) is 55.2. The maximum Gasteiger partial charge on any atom is 3.00 e. The Morgan fingerprint density at radius 3 is 0.714 bits per heavy atom. The van der Waals surface area contributed by atoms with E-state index in [-0.39, 0.29) is 69.4 Å². The Morgan fingerprint density at radius 2 is 0.714 bits per heavy atom. The Morgan fingerprint density at radius 1 is 0.714 bits per heavy atom. The van der Waals surface area contributed by atoms with Crippen LogP contribution in [0.15, 0.2) is 0 Å². The molecule has 0 aromatic rings. The van der Waals surface area contributed by atoms with Crippen LogP contribution in [0.3, 0.4) is 0 Å². The molecule has 6 heteroatoms. The third-order valence-electron chi connectivity index (χ3n) is 0. The first-order valence-corrected chi connectivity index (χ1v) is 2.12. The molecule has 0 aliphatic heterocycles. The summed E-state index contributed by atoms with van der Waals surface area (Å²) in [6.07, 6.45) is 0. The summed E-state index contributed by atoms with van der Waals surface area (Å²) in [5.41, 5.74) is 0. The third kappa shape index (κ3) is 56.2. The van der Waals surface area contributed by atoms with E-state index >= 15 is 0 Å². The second-order valence-corrected chi connectivity index (χ2v) is 0. The first-order chi connectivity index (χ1) is 1.00. The summed E-state index contributed by atoms with van der Waals surface area (Å²) in [6.45, 7) is 0. The fraction of sp³-hybridized carbons (Fsp3) is 1.00. The minimum absolute atomic E-state index is 0. The number of halogens is 4. The normalized spacial score (nSPS) is 1.00. The molecule has 0 bridgehead atoms. The van der Waals surface area contributed by atoms with Crippen LogP contribution >= 0.6 is 0 Å². The van der Waals surface area contributed by atoms with Crippen LogP contribution < -0.4 is 49.6 Å². The van der Waals surface area contributed by atoms with Crippen LogP contribution in [0.1, 0.15) is 0 Å². The minimum atomic E-state index is 0. The first-order valence-electron chi connectivity index (χ1n) is 0.707. The van der Waals surface area contributed by atoms with Gasteiger partial charge in [-0.3, -0.25) is 0 Å². The van der Waals surface area contributed by atoms with E-state index in [0.717, 1.165) is 0 Å². The van der Waals surface area contributed by atoms with Gasteiger partial charge in [0.05, 0.1) is 0 Å². The van der Waals surface area contributed by atoms with Crippen molar-refractivity contribution < 1.29 is 49.6 Å². The predicted molar refractivity (Wildman–Crippen MR) is 17.4 cm³/mol. The van der Waals surface area contributed by atoms with E-state index in [2.05, 4.69) is 0 Å². The molecule has 0 rings (SSSR count). The van der Waals surface area contributed by atoms with Crippen molar-refractivity contribution in [3.63, 3.8) is 0 Å². The molecule has 0 heterocycles. The van der Waals surface area contributed by atoms with Crippen LogP contribution in [0.5, 0.6) is 0 Å². The fourth-order valence-corrected chi connectivity index (χ4v) is 0. The van der Waals surface area contributed by atoms with E-state index < -0.39 is 0 Å². The Balaban J connectivity index is -0.000000000500. The van der Waals surface area contributed by atoms with Gasteiger partial charge in [-0.05, 0) is 0 Å². The number of hydrogen-bond donors (Lipinski definition) is 0. The maximum atomic E-state index is 2.03. The maximum absolute atomic E-state index is 2.03. The molecule has 0 saturated carbocycles. The van der Waals surface area contributed by atoms with Gasteiger partial charge in [-0.25, -0.2) is 0 Å². The standard InChI is InChI=1S/CH3.4ClH.Ga.Mg/h1H3;4*1H;;/q;;;;;+3;+1/p-4. The topological polar surface area (TPSA) is 0 Å². The molecule has 0 aliphatic carbocycles. The van der Waals surface area contributed by atoms with E-state index in [1.165, 1.54) is 0 Å². The van der Waals surface area contributed by atoms with E-state index in [0.29, 0.717) is 0 Å². The van der Waals surface area contributed by atoms with Crippen molar-refractivity contribution >= 4 is 41.5 Å². The summed E-state index contributed by atoms with van der Waals surface area (Å²) >= 11 is 1.86. The monoisotopic (exact) mass is 248 g/mol. The zero-order valence-corrected chi connectivity index (χ0v) is 10.7. The van der Waals surface area contributed by atoms with Gasteiger partial charge in [-0.1, -0.05) is 0 Å². The third-order valence-corrected chi connectivity index (χ3v) is 0. The molecule has 0 radical (unpaired) electrons. The van der Waals surface area contributed by atoms with Gasteiger partial charge in [0, 0.05) is 0 Å². The zero-order chi connectivity index (χ0) is 2.00. The van der Waals surface area contributed by atoms with E-state index in [9.17, 15) is 0 Å². The van der Waals surface area contributed by atoms with Crippen molar-refractivity contribution in [1.29, 1.82) is 0 Å². The van der Waals surface area contributed by atoms with Crippen molar-refractivity contribution in [2.24, 2.45) is 0 Å².